The molecule has 2 aromatic rings. The molecular weight excluding hydrogens is 344 g/mol. The molecular formula is C19H32N6S. The first-order valence-electron chi connectivity index (χ1n) is 9.37. The number of thiophene rings is 1. The average molecular weight is 377 g/mol. The third kappa shape index (κ3) is 6.78. The Labute approximate surface area is 161 Å². The number of nitrogens with one attached hydrogen (secondary N) is 2. The van der Waals surface area contributed by atoms with Gasteiger partial charge in [0, 0.05) is 24.5 Å². The number of hydrogen-bond donors (Lipinski definition) is 2. The average Bonchev–Trinajstić information content (AvgIpc) is 3.22. The maximum atomic E-state index is 4.73. The van der Waals surface area contributed by atoms with Gasteiger partial charge in [0.05, 0.1) is 0 Å². The van der Waals surface area contributed by atoms with Crippen LogP contribution < -0.4 is 10.6 Å². The van der Waals surface area contributed by atoms with Gasteiger partial charge in [-0.2, -0.15) is 0 Å². The Kier molecular flexibility index (Phi) is 8.09. The predicted octanol–water partition coefficient (Wildman–Crippen LogP) is 3.29. The maximum Gasteiger partial charge on any atom is 0.191 e. The van der Waals surface area contributed by atoms with Gasteiger partial charge in [0.15, 0.2) is 11.8 Å². The Morgan fingerprint density at radius 2 is 2.08 bits per heavy atom. The van der Waals surface area contributed by atoms with Crippen LogP contribution in [0.2, 0.25) is 0 Å². The molecule has 1 atom stereocenters. The zero-order valence-corrected chi connectivity index (χ0v) is 17.4. The van der Waals surface area contributed by atoms with Crippen molar-refractivity contribution in [2.24, 2.45) is 18.0 Å². The highest BCUT2D eigenvalue weighted by atomic mass is 32.1. The minimum Gasteiger partial charge on any atom is -0.356 e. The Morgan fingerprint density at radius 1 is 1.27 bits per heavy atom. The Bertz CT molecular complexity index is 674. The molecule has 0 saturated carbocycles. The highest BCUT2D eigenvalue weighted by Crippen LogP contribution is 2.09. The van der Waals surface area contributed by atoms with Gasteiger partial charge in [-0.15, -0.1) is 21.5 Å². The van der Waals surface area contributed by atoms with Crippen LogP contribution in [-0.4, -0.2) is 33.3 Å². The Hall–Kier alpha value is -1.89. The largest absolute Gasteiger partial charge is 0.356 e. The molecule has 0 aromatic carbocycles. The summed E-state index contributed by atoms with van der Waals surface area (Å²) in [5.41, 5.74) is 0. The van der Waals surface area contributed by atoms with Crippen LogP contribution in [0.3, 0.4) is 0 Å². The van der Waals surface area contributed by atoms with Crippen molar-refractivity contribution in [3.8, 4) is 0 Å². The molecule has 2 heterocycles. The summed E-state index contributed by atoms with van der Waals surface area (Å²) < 4.78 is 1.98. The molecule has 0 bridgehead atoms. The van der Waals surface area contributed by atoms with Crippen LogP contribution in [0, 0.1) is 12.8 Å². The lowest BCUT2D eigenvalue weighted by atomic mass is 10.0. The molecule has 0 aliphatic rings. The van der Waals surface area contributed by atoms with Gasteiger partial charge in [-0.25, -0.2) is 4.99 Å². The summed E-state index contributed by atoms with van der Waals surface area (Å²) >= 11 is 1.79. The lowest BCUT2D eigenvalue weighted by Crippen LogP contribution is -2.43. The smallest absolute Gasteiger partial charge is 0.191 e. The van der Waals surface area contributed by atoms with E-state index in [1.807, 2.05) is 18.5 Å². The first-order valence-corrected chi connectivity index (χ1v) is 10.3. The third-order valence-electron chi connectivity index (χ3n) is 4.37. The number of hydrogen-bond acceptors (Lipinski definition) is 4. The van der Waals surface area contributed by atoms with Gasteiger partial charge in [0.2, 0.25) is 0 Å². The van der Waals surface area contributed by atoms with Crippen molar-refractivity contribution >= 4 is 17.3 Å². The fourth-order valence-electron chi connectivity index (χ4n) is 2.54. The van der Waals surface area contributed by atoms with Crippen LogP contribution in [0.15, 0.2) is 22.5 Å². The molecule has 0 radical (unpaired) electrons. The maximum absolute atomic E-state index is 4.73. The van der Waals surface area contributed by atoms with E-state index in [4.69, 9.17) is 4.99 Å². The Morgan fingerprint density at radius 3 is 2.69 bits per heavy atom. The normalized spacial score (nSPS) is 13.2. The van der Waals surface area contributed by atoms with E-state index in [9.17, 15) is 0 Å². The second-order valence-electron chi connectivity index (χ2n) is 7.16. The lowest BCUT2D eigenvalue weighted by molar-refractivity contribution is 0.488. The van der Waals surface area contributed by atoms with Crippen molar-refractivity contribution in [1.82, 2.24) is 25.4 Å². The van der Waals surface area contributed by atoms with Gasteiger partial charge in [0.1, 0.15) is 12.4 Å². The summed E-state index contributed by atoms with van der Waals surface area (Å²) in [5, 5.41) is 17.4. The number of aliphatic imine (C=N–C) groups is 1. The first kappa shape index (κ1) is 20.4. The second-order valence-corrected chi connectivity index (χ2v) is 8.19. The predicted molar refractivity (Wildman–Crippen MR) is 110 cm³/mol. The molecule has 6 nitrogen and oxygen atoms in total. The van der Waals surface area contributed by atoms with Crippen LogP contribution >= 0.6 is 11.3 Å². The summed E-state index contributed by atoms with van der Waals surface area (Å²) in [7, 11) is 1.97. The molecule has 26 heavy (non-hydrogen) atoms. The monoisotopic (exact) mass is 376 g/mol. The van der Waals surface area contributed by atoms with E-state index < -0.39 is 0 Å². The zero-order valence-electron chi connectivity index (χ0n) is 16.6. The van der Waals surface area contributed by atoms with E-state index in [1.165, 1.54) is 11.3 Å². The molecule has 1 unspecified atom stereocenters. The Balaban J connectivity index is 1.94. The molecule has 2 aromatic heterocycles. The molecule has 144 valence electrons. The van der Waals surface area contributed by atoms with Gasteiger partial charge >= 0.3 is 0 Å². The van der Waals surface area contributed by atoms with Crippen molar-refractivity contribution < 1.29 is 0 Å². The van der Waals surface area contributed by atoms with Crippen molar-refractivity contribution in [3.05, 3.63) is 34.0 Å². The summed E-state index contributed by atoms with van der Waals surface area (Å²) in [6, 6.07) is 4.65. The molecule has 2 N–H and O–H groups in total. The minimum absolute atomic E-state index is 0.381. The molecule has 0 aliphatic carbocycles. The topological polar surface area (TPSA) is 67.1 Å². The van der Waals surface area contributed by atoms with Crippen LogP contribution in [-0.2, 0) is 20.0 Å². The number of guanidine groups is 1. The van der Waals surface area contributed by atoms with E-state index in [2.05, 4.69) is 59.1 Å². The number of aromatic nitrogens is 3. The summed E-state index contributed by atoms with van der Waals surface area (Å²) in [6.45, 7) is 10.1. The van der Waals surface area contributed by atoms with Gasteiger partial charge in [-0.1, -0.05) is 19.9 Å². The summed E-state index contributed by atoms with van der Waals surface area (Å²) in [6.07, 6.45) is 3.34. The third-order valence-corrected chi connectivity index (χ3v) is 5.30. The summed E-state index contributed by atoms with van der Waals surface area (Å²) in [4.78, 5) is 6.11. The van der Waals surface area contributed by atoms with Crippen molar-refractivity contribution in [2.45, 2.75) is 59.5 Å². The van der Waals surface area contributed by atoms with E-state index in [0.29, 0.717) is 18.5 Å². The quantitative estimate of drug-likeness (QED) is 0.521. The lowest BCUT2D eigenvalue weighted by Gasteiger charge is -2.19. The van der Waals surface area contributed by atoms with Gasteiger partial charge < -0.3 is 15.2 Å². The van der Waals surface area contributed by atoms with E-state index >= 15 is 0 Å². The standard InChI is InChI=1S/C19H32N6S/c1-14(2)8-9-15(3)22-19(20-11-10-17-7-6-12-26-17)21-13-18-24-23-16(4)25(18)5/h6-7,12,14-15H,8-11,13H2,1-5H3,(H2,20,21,22). The molecule has 0 spiro atoms. The highest BCUT2D eigenvalue weighted by molar-refractivity contribution is 7.09. The van der Waals surface area contributed by atoms with Gasteiger partial charge in [-0.05, 0) is 50.5 Å². The van der Waals surface area contributed by atoms with Crippen LogP contribution in [0.5, 0.6) is 0 Å². The molecule has 0 saturated heterocycles. The molecule has 2 rings (SSSR count). The molecule has 7 heteroatoms. The van der Waals surface area contributed by atoms with E-state index in [1.54, 1.807) is 11.3 Å². The van der Waals surface area contributed by atoms with Crippen LogP contribution in [0.1, 0.15) is 50.1 Å². The number of nitrogens with zero attached hydrogens (tertiary/aromatic N) is 4. The first-order chi connectivity index (χ1) is 12.5. The van der Waals surface area contributed by atoms with Crippen LogP contribution in [0.25, 0.3) is 0 Å². The van der Waals surface area contributed by atoms with E-state index in [0.717, 1.165) is 37.0 Å². The highest BCUT2D eigenvalue weighted by Gasteiger charge is 2.09. The fourth-order valence-corrected chi connectivity index (χ4v) is 3.25. The van der Waals surface area contributed by atoms with E-state index in [-0.39, 0.29) is 0 Å². The molecule has 0 amide bonds. The minimum atomic E-state index is 0.381. The zero-order chi connectivity index (χ0) is 18.9. The second kappa shape index (κ2) is 10.3. The number of rotatable bonds is 9. The summed E-state index contributed by atoms with van der Waals surface area (Å²) in [5.74, 6) is 3.34. The number of aryl methyl sites for hydroxylation is 1. The van der Waals surface area contributed by atoms with Gasteiger partial charge in [0.25, 0.3) is 0 Å². The molecule has 0 fully saturated rings. The SMILES string of the molecule is Cc1nnc(CN=C(NCCc2cccs2)NC(C)CCC(C)C)n1C. The fraction of sp³-hybridized carbons (Fsp3) is 0.632. The van der Waals surface area contributed by atoms with Crippen LogP contribution in [0.4, 0.5) is 0 Å². The van der Waals surface area contributed by atoms with Crippen molar-refractivity contribution in [2.75, 3.05) is 6.54 Å². The molecule has 0 aliphatic heterocycles. The van der Waals surface area contributed by atoms with Crippen molar-refractivity contribution in [1.29, 1.82) is 0 Å². The van der Waals surface area contributed by atoms with Gasteiger partial charge in [-0.3, -0.25) is 0 Å². The van der Waals surface area contributed by atoms with Crippen molar-refractivity contribution in [3.63, 3.8) is 0 Å².